The van der Waals surface area contributed by atoms with Gasteiger partial charge in [0.2, 0.25) is 0 Å². The van der Waals surface area contributed by atoms with Crippen molar-refractivity contribution in [2.75, 3.05) is 15.5 Å². The molecule has 0 spiro atoms. The van der Waals surface area contributed by atoms with Gasteiger partial charge in [0.05, 0.1) is 34.1 Å². The lowest BCUT2D eigenvalue weighted by atomic mass is 9.71. The smallest absolute Gasteiger partial charge is 0.0540 e. The van der Waals surface area contributed by atoms with Crippen LogP contribution in [-0.4, -0.2) is 0 Å². The van der Waals surface area contributed by atoms with Gasteiger partial charge in [-0.05, 0) is 179 Å². The molecule has 0 aromatic heterocycles. The molecular weight excluding hydrogens is 979 g/mol. The molecule has 0 saturated heterocycles. The Labute approximate surface area is 477 Å². The molecule has 0 amide bonds. The van der Waals surface area contributed by atoms with E-state index in [2.05, 4.69) is 288 Å². The van der Waals surface area contributed by atoms with Crippen LogP contribution in [0.25, 0.3) is 44.5 Å². The number of hydrogen-bond donors (Lipinski definition) is 1. The van der Waals surface area contributed by atoms with E-state index in [0.717, 1.165) is 41.3 Å². The monoisotopic (exact) mass is 1040 g/mol. The maximum Gasteiger partial charge on any atom is 0.0540 e. The second-order valence-corrected chi connectivity index (χ2v) is 25.0. The maximum absolute atomic E-state index is 7.12. The van der Waals surface area contributed by atoms with E-state index in [-0.39, 0.29) is 22.7 Å². The fourth-order valence-electron chi connectivity index (χ4n) is 14.1. The van der Waals surface area contributed by atoms with E-state index in [0.29, 0.717) is 0 Å². The number of nitrogens with two attached hydrogens (primary N) is 1. The zero-order valence-corrected chi connectivity index (χ0v) is 47.1. The van der Waals surface area contributed by atoms with Gasteiger partial charge in [-0.2, -0.15) is 0 Å². The van der Waals surface area contributed by atoms with Gasteiger partial charge in [0, 0.05) is 34.2 Å². The molecule has 0 fully saturated rings. The van der Waals surface area contributed by atoms with Crippen molar-refractivity contribution in [3.05, 3.63) is 303 Å². The molecule has 15 rings (SSSR count). The summed E-state index contributed by atoms with van der Waals surface area (Å²) in [4.78, 5) is 5.24. The summed E-state index contributed by atoms with van der Waals surface area (Å²) >= 11 is 0. The molecule has 11 aromatic carbocycles. The van der Waals surface area contributed by atoms with Crippen LogP contribution >= 0.6 is 0 Å². The van der Waals surface area contributed by atoms with E-state index in [1.54, 1.807) is 0 Å². The van der Waals surface area contributed by atoms with Gasteiger partial charge >= 0.3 is 0 Å². The Morgan fingerprint density at radius 2 is 0.840 bits per heavy atom. The van der Waals surface area contributed by atoms with Crippen molar-refractivity contribution in [1.29, 1.82) is 0 Å². The molecule has 2 heterocycles. The van der Waals surface area contributed by atoms with E-state index in [9.17, 15) is 0 Å². The van der Waals surface area contributed by atoms with E-state index in [1.807, 2.05) is 0 Å². The molecule has 3 nitrogen and oxygen atoms in total. The van der Waals surface area contributed by atoms with Crippen LogP contribution in [0.15, 0.2) is 237 Å². The number of anilines is 7. The normalized spacial score (nSPS) is 14.8. The predicted molar refractivity (Wildman–Crippen MR) is 340 cm³/mol. The van der Waals surface area contributed by atoms with Crippen LogP contribution in [-0.2, 0) is 23.7 Å². The van der Waals surface area contributed by atoms with Gasteiger partial charge in [-0.3, -0.25) is 0 Å². The summed E-state index contributed by atoms with van der Waals surface area (Å²) < 4.78 is 0. The molecule has 2 N–H and O–H groups in total. The van der Waals surface area contributed by atoms with Crippen LogP contribution in [0.2, 0.25) is 0 Å². The minimum Gasteiger partial charge on any atom is -0.399 e. The van der Waals surface area contributed by atoms with Crippen LogP contribution in [0, 0.1) is 0 Å². The molecule has 3 heteroatoms. The van der Waals surface area contributed by atoms with Crippen LogP contribution in [0.5, 0.6) is 0 Å². The standard InChI is InChI=1S/C78H65N3/c1-77(2,3)56-33-38-67(64(45-56)48-20-9-7-10-21-48)80-69-37-32-53(62-31-19-27-54-41-52-26-15-16-28-59(52)73(54)62)42-66(69)75-63-36-35-58(79)47-70(63)81(68-39-34-57(78(4,5)6)46-65(68)49-22-11-8-12-23-49)72-44-55(43-71(80)76(72)75)74-60-29-17-13-24-50(60)40-51-25-14-18-30-61(51)74/h7-39,42-47,74-75H,40-41,79H2,1-6H3. The highest BCUT2D eigenvalue weighted by molar-refractivity contribution is 6.02. The third-order valence-electron chi connectivity index (χ3n) is 18.1. The molecule has 1 atom stereocenters. The van der Waals surface area contributed by atoms with Crippen molar-refractivity contribution in [2.24, 2.45) is 0 Å². The Morgan fingerprint density at radius 1 is 0.333 bits per heavy atom. The van der Waals surface area contributed by atoms with Crippen molar-refractivity contribution in [2.45, 2.75) is 77.0 Å². The van der Waals surface area contributed by atoms with E-state index in [4.69, 9.17) is 5.73 Å². The minimum absolute atomic E-state index is 0.0300. The zero-order valence-electron chi connectivity index (χ0n) is 47.1. The topological polar surface area (TPSA) is 32.5 Å². The Morgan fingerprint density at radius 3 is 1.44 bits per heavy atom. The fourth-order valence-corrected chi connectivity index (χ4v) is 14.1. The van der Waals surface area contributed by atoms with E-state index >= 15 is 0 Å². The Hall–Kier alpha value is -9.18. The minimum atomic E-state index is -0.153. The van der Waals surface area contributed by atoms with Crippen LogP contribution in [0.1, 0.15) is 120 Å². The second kappa shape index (κ2) is 18.4. The van der Waals surface area contributed by atoms with Crippen molar-refractivity contribution in [3.63, 3.8) is 0 Å². The number of hydrogen-bond acceptors (Lipinski definition) is 3. The number of benzene rings is 11. The molecule has 11 aromatic rings. The maximum atomic E-state index is 7.12. The van der Waals surface area contributed by atoms with E-state index < -0.39 is 0 Å². The number of nitrogen functional groups attached to an aromatic ring is 1. The lowest BCUT2D eigenvalue weighted by Gasteiger charge is -2.47. The molecular formula is C78H65N3. The highest BCUT2D eigenvalue weighted by atomic mass is 15.2. The first kappa shape index (κ1) is 48.9. The quantitative estimate of drug-likeness (QED) is 0.168. The first-order chi connectivity index (χ1) is 39.4. The van der Waals surface area contributed by atoms with E-state index in [1.165, 1.54) is 123 Å². The summed E-state index contributed by atoms with van der Waals surface area (Å²) in [5.74, 6) is -0.183. The number of rotatable bonds is 6. The largest absolute Gasteiger partial charge is 0.399 e. The third-order valence-corrected chi connectivity index (χ3v) is 18.1. The Kier molecular flexibility index (Phi) is 11.1. The van der Waals surface area contributed by atoms with Crippen molar-refractivity contribution >= 4 is 39.8 Å². The van der Waals surface area contributed by atoms with Crippen molar-refractivity contribution < 1.29 is 0 Å². The van der Waals surface area contributed by atoms with Gasteiger partial charge in [-0.15, -0.1) is 0 Å². The molecule has 2 aliphatic carbocycles. The summed E-state index contributed by atoms with van der Waals surface area (Å²) in [5.41, 5.74) is 40.3. The Balaban J connectivity index is 1.09. The van der Waals surface area contributed by atoms with Crippen LogP contribution < -0.4 is 15.5 Å². The summed E-state index contributed by atoms with van der Waals surface area (Å²) in [6.07, 6.45) is 1.84. The summed E-state index contributed by atoms with van der Waals surface area (Å²) in [6, 6.07) is 90.0. The van der Waals surface area contributed by atoms with Gasteiger partial charge in [-0.1, -0.05) is 217 Å². The SMILES string of the molecule is CC(C)(C)c1ccc(N2c3ccc(-c4cccc5c4-c4ccccc4C5)cc3C3c4ccc(N)cc4N(c4ccc(C(C)(C)C)cc4-c4ccccc4)c4cc(C5c6ccccc6Cc6ccccc65)cc2c43)c(-c2ccccc2)c1. The van der Waals surface area contributed by atoms with Gasteiger partial charge in [0.15, 0.2) is 0 Å². The van der Waals surface area contributed by atoms with Gasteiger partial charge < -0.3 is 15.5 Å². The third kappa shape index (κ3) is 7.92. The lowest BCUT2D eigenvalue weighted by molar-refractivity contribution is 0.590. The summed E-state index contributed by atoms with van der Waals surface area (Å²) in [7, 11) is 0. The molecule has 4 aliphatic rings. The molecule has 0 radical (unpaired) electrons. The van der Waals surface area contributed by atoms with Crippen molar-refractivity contribution in [3.8, 4) is 44.5 Å². The van der Waals surface area contributed by atoms with Gasteiger partial charge in [0.1, 0.15) is 0 Å². The number of fused-ring (bicyclic) bond motifs is 9. The molecule has 1 unspecified atom stereocenters. The second-order valence-electron chi connectivity index (χ2n) is 25.0. The first-order valence-electron chi connectivity index (χ1n) is 28.9. The molecule has 2 aliphatic heterocycles. The highest BCUT2D eigenvalue weighted by Gasteiger charge is 2.44. The predicted octanol–water partition coefficient (Wildman–Crippen LogP) is 20.3. The molecule has 392 valence electrons. The average molecular weight is 1040 g/mol. The molecule has 0 saturated carbocycles. The van der Waals surface area contributed by atoms with Gasteiger partial charge in [0.25, 0.3) is 0 Å². The molecule has 0 bridgehead atoms. The molecule has 81 heavy (non-hydrogen) atoms. The van der Waals surface area contributed by atoms with Crippen LogP contribution in [0.3, 0.4) is 0 Å². The lowest BCUT2D eigenvalue weighted by Crippen LogP contribution is -2.30. The first-order valence-corrected chi connectivity index (χ1v) is 28.9. The summed E-state index contributed by atoms with van der Waals surface area (Å²) in [5, 5.41) is 0. The van der Waals surface area contributed by atoms with Gasteiger partial charge in [-0.25, -0.2) is 0 Å². The fraction of sp³-hybridized carbons (Fsp3) is 0.154. The summed E-state index contributed by atoms with van der Waals surface area (Å²) in [6.45, 7) is 13.9. The van der Waals surface area contributed by atoms with Crippen LogP contribution in [0.4, 0.5) is 39.8 Å². The number of nitrogens with zero attached hydrogens (tertiary/aromatic N) is 2. The zero-order chi connectivity index (χ0) is 54.9. The van der Waals surface area contributed by atoms with Crippen molar-refractivity contribution in [1.82, 2.24) is 0 Å². The highest BCUT2D eigenvalue weighted by Crippen LogP contribution is 2.64. The average Bonchev–Trinajstić information content (AvgIpc) is 3.46. The Bertz CT molecular complexity index is 4300.